The van der Waals surface area contributed by atoms with Gasteiger partial charge in [-0.15, -0.1) is 6.58 Å². The van der Waals surface area contributed by atoms with Crippen LogP contribution in [0.15, 0.2) is 43.5 Å². The third-order valence-corrected chi connectivity index (χ3v) is 8.25. The molecule has 0 aliphatic heterocycles. The Kier molecular flexibility index (Phi) is 6.77. The molecule has 1 nitrogen and oxygen atoms in total. The molecule has 3 aliphatic carbocycles. The van der Waals surface area contributed by atoms with E-state index >= 15 is 0 Å². The third-order valence-electron chi connectivity index (χ3n) is 8.25. The normalized spacial score (nSPS) is 34.8. The minimum absolute atomic E-state index is 0.231. The van der Waals surface area contributed by atoms with E-state index in [1.807, 2.05) is 0 Å². The van der Waals surface area contributed by atoms with Crippen molar-refractivity contribution in [2.75, 3.05) is 6.61 Å². The van der Waals surface area contributed by atoms with Crippen molar-refractivity contribution in [1.29, 1.82) is 0 Å². The van der Waals surface area contributed by atoms with Crippen molar-refractivity contribution in [1.82, 2.24) is 0 Å². The van der Waals surface area contributed by atoms with E-state index in [1.165, 1.54) is 64.2 Å². The molecule has 1 aromatic rings. The van der Waals surface area contributed by atoms with Gasteiger partial charge >= 0.3 is 0 Å². The van der Waals surface area contributed by atoms with Gasteiger partial charge in [0.1, 0.15) is 6.61 Å². The summed E-state index contributed by atoms with van der Waals surface area (Å²) in [4.78, 5) is 0. The van der Waals surface area contributed by atoms with E-state index in [9.17, 15) is 4.39 Å². The van der Waals surface area contributed by atoms with Crippen LogP contribution >= 0.6 is 0 Å². The molecule has 158 valence electrons. The van der Waals surface area contributed by atoms with Crippen LogP contribution in [0.2, 0.25) is 0 Å². The maximum atomic E-state index is 14.4. The van der Waals surface area contributed by atoms with Crippen LogP contribution in [0.25, 0.3) is 0 Å². The lowest BCUT2D eigenvalue weighted by atomic mass is 9.60. The van der Waals surface area contributed by atoms with Gasteiger partial charge in [-0.2, -0.15) is 0 Å². The number of allylic oxidation sites excluding steroid dienone is 1. The molecule has 2 heteroatoms. The molecule has 4 rings (SSSR count). The second-order valence-corrected chi connectivity index (χ2v) is 9.80. The molecule has 3 saturated carbocycles. The van der Waals surface area contributed by atoms with Crippen molar-refractivity contribution in [3.8, 4) is 5.75 Å². The lowest BCUT2D eigenvalue weighted by Crippen LogP contribution is -2.34. The Morgan fingerprint density at radius 2 is 1.52 bits per heavy atom. The number of ether oxygens (including phenoxy) is 1. The number of hydrogen-bond donors (Lipinski definition) is 0. The summed E-state index contributed by atoms with van der Waals surface area (Å²) < 4.78 is 19.8. The fourth-order valence-electron chi connectivity index (χ4n) is 6.55. The number of hydrogen-bond acceptors (Lipinski definition) is 1. The first-order valence-corrected chi connectivity index (χ1v) is 11.8. The first-order valence-electron chi connectivity index (χ1n) is 11.8. The van der Waals surface area contributed by atoms with Gasteiger partial charge in [0, 0.05) is 0 Å². The fraction of sp³-hybridized carbons (Fsp3) is 0.630. The predicted molar refractivity (Wildman–Crippen MR) is 119 cm³/mol. The zero-order valence-electron chi connectivity index (χ0n) is 17.8. The molecule has 0 heterocycles. The smallest absolute Gasteiger partial charge is 0.165 e. The lowest BCUT2D eigenvalue weighted by Gasteiger charge is -2.45. The Hall–Kier alpha value is -1.57. The molecule has 3 aliphatic rings. The number of benzene rings is 1. The largest absolute Gasteiger partial charge is 0.486 e. The summed E-state index contributed by atoms with van der Waals surface area (Å²) in [7, 11) is 0. The van der Waals surface area contributed by atoms with Gasteiger partial charge in [-0.25, -0.2) is 4.39 Å². The summed E-state index contributed by atoms with van der Waals surface area (Å²) in [5, 5.41) is 0. The molecule has 0 saturated heterocycles. The van der Waals surface area contributed by atoms with E-state index in [1.54, 1.807) is 18.2 Å². The van der Waals surface area contributed by atoms with Gasteiger partial charge in [0.15, 0.2) is 11.6 Å². The second kappa shape index (κ2) is 9.49. The molecule has 0 radical (unpaired) electrons. The second-order valence-electron chi connectivity index (χ2n) is 9.80. The molecule has 29 heavy (non-hydrogen) atoms. The molecular formula is C27H37FO. The van der Waals surface area contributed by atoms with Gasteiger partial charge in [0.25, 0.3) is 0 Å². The highest BCUT2D eigenvalue weighted by Crippen LogP contribution is 2.51. The van der Waals surface area contributed by atoms with E-state index in [0.717, 1.165) is 35.2 Å². The molecule has 1 aromatic carbocycles. The van der Waals surface area contributed by atoms with Gasteiger partial charge in [-0.3, -0.25) is 0 Å². The average molecular weight is 397 g/mol. The van der Waals surface area contributed by atoms with Crippen LogP contribution in [-0.2, 0) is 0 Å². The molecule has 4 atom stereocenters. The van der Waals surface area contributed by atoms with Crippen LogP contribution in [0.5, 0.6) is 5.75 Å². The van der Waals surface area contributed by atoms with Crippen molar-refractivity contribution in [2.45, 2.75) is 70.1 Å². The lowest BCUT2D eigenvalue weighted by molar-refractivity contribution is 0.0748. The fourth-order valence-corrected chi connectivity index (χ4v) is 6.55. The topological polar surface area (TPSA) is 9.23 Å². The van der Waals surface area contributed by atoms with Gasteiger partial charge in [0.05, 0.1) is 0 Å². The summed E-state index contributed by atoms with van der Waals surface area (Å²) in [5.74, 6) is 5.06. The van der Waals surface area contributed by atoms with Crippen LogP contribution in [0.3, 0.4) is 0 Å². The SMILES string of the molecule is C=CCOc1ccc(C2CCC3CC(C4CCC(C=C)CC4)CCC3C2)cc1F. The summed E-state index contributed by atoms with van der Waals surface area (Å²) in [6.07, 6.45) is 17.4. The molecule has 0 amide bonds. The van der Waals surface area contributed by atoms with Gasteiger partial charge in [-0.1, -0.05) is 24.8 Å². The minimum atomic E-state index is -0.231. The Bertz CT molecular complexity index is 702. The average Bonchev–Trinajstić information content (AvgIpc) is 2.77. The predicted octanol–water partition coefficient (Wildman–Crippen LogP) is 7.68. The van der Waals surface area contributed by atoms with Crippen molar-refractivity contribution in [3.63, 3.8) is 0 Å². The van der Waals surface area contributed by atoms with Crippen LogP contribution in [-0.4, -0.2) is 6.61 Å². The molecule has 0 N–H and O–H groups in total. The van der Waals surface area contributed by atoms with E-state index in [-0.39, 0.29) is 5.82 Å². The van der Waals surface area contributed by atoms with Crippen LogP contribution in [0.4, 0.5) is 4.39 Å². The number of halogens is 1. The highest BCUT2D eigenvalue weighted by molar-refractivity contribution is 5.32. The van der Waals surface area contributed by atoms with Crippen molar-refractivity contribution in [3.05, 3.63) is 54.9 Å². The first kappa shape index (κ1) is 20.7. The molecule has 3 fully saturated rings. The Balaban J connectivity index is 1.32. The van der Waals surface area contributed by atoms with E-state index in [4.69, 9.17) is 4.74 Å². The van der Waals surface area contributed by atoms with Gasteiger partial charge in [-0.05, 0) is 117 Å². The molecule has 0 spiro atoms. The van der Waals surface area contributed by atoms with Crippen LogP contribution in [0.1, 0.15) is 75.7 Å². The summed E-state index contributed by atoms with van der Waals surface area (Å²) in [6.45, 7) is 7.97. The zero-order chi connectivity index (χ0) is 20.2. The highest BCUT2D eigenvalue weighted by Gasteiger charge is 2.39. The molecular weight excluding hydrogens is 359 g/mol. The molecule has 0 bridgehead atoms. The third kappa shape index (κ3) is 4.78. The Morgan fingerprint density at radius 1 is 0.862 bits per heavy atom. The maximum Gasteiger partial charge on any atom is 0.165 e. The first-order chi connectivity index (χ1) is 14.2. The van der Waals surface area contributed by atoms with Crippen molar-refractivity contribution < 1.29 is 9.13 Å². The zero-order valence-corrected chi connectivity index (χ0v) is 17.8. The molecule has 0 aromatic heterocycles. The van der Waals surface area contributed by atoms with Crippen LogP contribution < -0.4 is 4.74 Å². The Labute approximate surface area is 176 Å². The van der Waals surface area contributed by atoms with Crippen molar-refractivity contribution >= 4 is 0 Å². The minimum Gasteiger partial charge on any atom is -0.486 e. The number of rotatable bonds is 6. The summed E-state index contributed by atoms with van der Waals surface area (Å²) in [6, 6.07) is 5.60. The Morgan fingerprint density at radius 3 is 2.21 bits per heavy atom. The standard InChI is InChI=1S/C27H37FO/c1-3-15-29-27-14-13-25(18-26(27)28)24-12-11-22-16-21(9-10-23(22)17-24)20-7-5-19(4-2)6-8-20/h3-4,13-14,18-24H,1-2,5-12,15-17H2. The highest BCUT2D eigenvalue weighted by atomic mass is 19.1. The quantitative estimate of drug-likeness (QED) is 0.448. The molecule has 4 unspecified atom stereocenters. The van der Waals surface area contributed by atoms with Gasteiger partial charge < -0.3 is 4.74 Å². The monoisotopic (exact) mass is 396 g/mol. The van der Waals surface area contributed by atoms with E-state index in [0.29, 0.717) is 18.3 Å². The van der Waals surface area contributed by atoms with Crippen molar-refractivity contribution in [2.24, 2.45) is 29.6 Å². The summed E-state index contributed by atoms with van der Waals surface area (Å²) in [5.41, 5.74) is 1.16. The number of fused-ring (bicyclic) bond motifs is 1. The van der Waals surface area contributed by atoms with Crippen LogP contribution in [0, 0.1) is 35.4 Å². The summed E-state index contributed by atoms with van der Waals surface area (Å²) >= 11 is 0. The van der Waals surface area contributed by atoms with E-state index < -0.39 is 0 Å². The van der Waals surface area contributed by atoms with Gasteiger partial charge in [0.2, 0.25) is 0 Å². The maximum absolute atomic E-state index is 14.4. The van der Waals surface area contributed by atoms with E-state index in [2.05, 4.69) is 25.3 Å².